The van der Waals surface area contributed by atoms with E-state index in [9.17, 15) is 9.18 Å². The van der Waals surface area contributed by atoms with Crippen molar-refractivity contribution < 1.29 is 13.7 Å². The molecule has 1 saturated heterocycles. The predicted molar refractivity (Wildman–Crippen MR) is 83.6 cm³/mol. The number of nitrogens with one attached hydrogen (secondary N) is 1. The molecule has 122 valence electrons. The van der Waals surface area contributed by atoms with E-state index in [-0.39, 0.29) is 5.91 Å². The van der Waals surface area contributed by atoms with Gasteiger partial charge in [0.05, 0.1) is 12.2 Å². The summed E-state index contributed by atoms with van der Waals surface area (Å²) < 4.78 is 19.3. The molecular formula is C16H19FN4O2. The molecule has 0 aliphatic carbocycles. The fourth-order valence-corrected chi connectivity index (χ4v) is 2.60. The maximum absolute atomic E-state index is 14.2. The number of halogens is 1. The van der Waals surface area contributed by atoms with Gasteiger partial charge in [0.2, 0.25) is 11.8 Å². The molecule has 2 heterocycles. The Morgan fingerprint density at radius 2 is 2.30 bits per heavy atom. The third kappa shape index (κ3) is 3.49. The van der Waals surface area contributed by atoms with Crippen LogP contribution in [0.4, 0.5) is 15.8 Å². The summed E-state index contributed by atoms with van der Waals surface area (Å²) in [5.74, 6) is 0.701. The summed E-state index contributed by atoms with van der Waals surface area (Å²) in [6.45, 7) is 2.95. The van der Waals surface area contributed by atoms with Gasteiger partial charge in [0.1, 0.15) is 5.82 Å². The van der Waals surface area contributed by atoms with Crippen LogP contribution in [0.3, 0.4) is 0 Å². The minimum absolute atomic E-state index is 0.0288. The molecule has 0 spiro atoms. The third-order valence-electron chi connectivity index (χ3n) is 3.74. The van der Waals surface area contributed by atoms with Gasteiger partial charge in [-0.05, 0) is 31.0 Å². The molecule has 2 aromatic rings. The number of carbonyl (C=O) groups is 1. The smallest absolute Gasteiger partial charge is 0.245 e. The Hall–Kier alpha value is -2.44. The first kappa shape index (κ1) is 15.5. The second-order valence-electron chi connectivity index (χ2n) is 5.52. The number of nitrogens with zero attached hydrogens (tertiary/aromatic N) is 3. The van der Waals surface area contributed by atoms with Crippen molar-refractivity contribution in [2.24, 2.45) is 0 Å². The van der Waals surface area contributed by atoms with Crippen molar-refractivity contribution in [3.63, 3.8) is 0 Å². The summed E-state index contributed by atoms with van der Waals surface area (Å²) in [6, 6.07) is 4.74. The summed E-state index contributed by atoms with van der Waals surface area (Å²) in [7, 11) is 0. The molecule has 7 heteroatoms. The van der Waals surface area contributed by atoms with Crippen LogP contribution < -0.4 is 10.2 Å². The Bertz CT molecular complexity index is 701. The van der Waals surface area contributed by atoms with Gasteiger partial charge < -0.3 is 14.7 Å². The van der Waals surface area contributed by atoms with Crippen molar-refractivity contribution >= 4 is 17.3 Å². The van der Waals surface area contributed by atoms with E-state index in [1.807, 2.05) is 6.92 Å². The van der Waals surface area contributed by atoms with E-state index in [0.717, 1.165) is 19.3 Å². The molecule has 1 aromatic carbocycles. The van der Waals surface area contributed by atoms with E-state index >= 15 is 0 Å². The Labute approximate surface area is 133 Å². The summed E-state index contributed by atoms with van der Waals surface area (Å²) in [4.78, 5) is 17.4. The van der Waals surface area contributed by atoms with Crippen molar-refractivity contribution in [2.75, 3.05) is 16.8 Å². The van der Waals surface area contributed by atoms with Crippen molar-refractivity contribution in [3.05, 3.63) is 35.7 Å². The molecule has 1 N–H and O–H groups in total. The number of amides is 1. The Morgan fingerprint density at radius 1 is 1.43 bits per heavy atom. The fraction of sp³-hybridized carbons (Fsp3) is 0.438. The predicted octanol–water partition coefficient (Wildman–Crippen LogP) is 2.90. The number of rotatable bonds is 6. The largest absolute Gasteiger partial charge is 0.376 e. The number of benzene rings is 1. The van der Waals surface area contributed by atoms with Gasteiger partial charge >= 0.3 is 0 Å². The molecule has 1 amide bonds. The summed E-state index contributed by atoms with van der Waals surface area (Å²) >= 11 is 0. The lowest BCUT2D eigenvalue weighted by molar-refractivity contribution is -0.117. The average molecular weight is 318 g/mol. The minimum atomic E-state index is -0.414. The van der Waals surface area contributed by atoms with Crippen LogP contribution in [-0.2, 0) is 17.8 Å². The highest BCUT2D eigenvalue weighted by atomic mass is 19.1. The van der Waals surface area contributed by atoms with Crippen LogP contribution in [0.2, 0.25) is 0 Å². The first-order valence-electron chi connectivity index (χ1n) is 7.82. The zero-order valence-electron chi connectivity index (χ0n) is 13.0. The van der Waals surface area contributed by atoms with Crippen LogP contribution in [0.1, 0.15) is 37.9 Å². The molecule has 0 radical (unpaired) electrons. The Morgan fingerprint density at radius 3 is 3.00 bits per heavy atom. The van der Waals surface area contributed by atoms with Gasteiger partial charge in [-0.25, -0.2) is 4.39 Å². The monoisotopic (exact) mass is 318 g/mol. The molecule has 6 nitrogen and oxygen atoms in total. The molecule has 3 rings (SSSR count). The van der Waals surface area contributed by atoms with Gasteiger partial charge in [0, 0.05) is 25.1 Å². The molecule has 0 atom stereocenters. The van der Waals surface area contributed by atoms with Gasteiger partial charge in [-0.1, -0.05) is 12.1 Å². The minimum Gasteiger partial charge on any atom is -0.376 e. The highest BCUT2D eigenvalue weighted by Gasteiger charge is 2.24. The first-order chi connectivity index (χ1) is 11.2. The van der Waals surface area contributed by atoms with E-state index in [2.05, 4.69) is 15.5 Å². The first-order valence-corrected chi connectivity index (χ1v) is 7.82. The van der Waals surface area contributed by atoms with E-state index in [1.54, 1.807) is 12.1 Å². The lowest BCUT2D eigenvalue weighted by Crippen LogP contribution is -2.24. The van der Waals surface area contributed by atoms with Gasteiger partial charge in [0.25, 0.3) is 0 Å². The van der Waals surface area contributed by atoms with Crippen LogP contribution in [0.15, 0.2) is 22.7 Å². The average Bonchev–Trinajstić information content (AvgIpc) is 3.15. The summed E-state index contributed by atoms with van der Waals surface area (Å²) in [5.41, 5.74) is 0.939. The molecule has 0 unspecified atom stereocenters. The molecule has 23 heavy (non-hydrogen) atoms. The molecule has 1 aromatic heterocycles. The van der Waals surface area contributed by atoms with Gasteiger partial charge in [-0.2, -0.15) is 4.98 Å². The van der Waals surface area contributed by atoms with Crippen LogP contribution >= 0.6 is 0 Å². The number of aryl methyl sites for hydroxylation is 1. The van der Waals surface area contributed by atoms with E-state index < -0.39 is 5.82 Å². The number of carbonyl (C=O) groups excluding carboxylic acids is 1. The second kappa shape index (κ2) is 6.76. The molecule has 0 saturated carbocycles. The molecule has 1 fully saturated rings. The van der Waals surface area contributed by atoms with Crippen LogP contribution in [0.5, 0.6) is 0 Å². The standard InChI is InChI=1S/C16H19FN4O2/c1-2-4-14-19-15(23-20-14)10-18-11-6-7-13(12(17)9-11)21-8-3-5-16(21)22/h6-7,9,18H,2-5,8,10H2,1H3. The van der Waals surface area contributed by atoms with E-state index in [4.69, 9.17) is 4.52 Å². The van der Waals surface area contributed by atoms with Crippen molar-refractivity contribution in [2.45, 2.75) is 39.2 Å². The highest BCUT2D eigenvalue weighted by Crippen LogP contribution is 2.26. The molecule has 1 aliphatic rings. The maximum Gasteiger partial charge on any atom is 0.245 e. The van der Waals surface area contributed by atoms with Crippen LogP contribution in [0.25, 0.3) is 0 Å². The topological polar surface area (TPSA) is 71.3 Å². The normalized spacial score (nSPS) is 14.5. The molecule has 0 bridgehead atoms. The lowest BCUT2D eigenvalue weighted by Gasteiger charge is -2.17. The van der Waals surface area contributed by atoms with E-state index in [0.29, 0.717) is 42.6 Å². The summed E-state index contributed by atoms with van der Waals surface area (Å²) in [5, 5.41) is 6.91. The lowest BCUT2D eigenvalue weighted by atomic mass is 10.2. The summed E-state index contributed by atoms with van der Waals surface area (Å²) in [6.07, 6.45) is 2.98. The number of hydrogen-bond acceptors (Lipinski definition) is 5. The van der Waals surface area contributed by atoms with E-state index in [1.165, 1.54) is 11.0 Å². The van der Waals surface area contributed by atoms with Crippen molar-refractivity contribution in [3.8, 4) is 0 Å². The molecule has 1 aliphatic heterocycles. The third-order valence-corrected chi connectivity index (χ3v) is 3.74. The second-order valence-corrected chi connectivity index (χ2v) is 5.52. The maximum atomic E-state index is 14.2. The van der Waals surface area contributed by atoms with Crippen LogP contribution in [0, 0.1) is 5.82 Å². The number of aromatic nitrogens is 2. The van der Waals surface area contributed by atoms with Gasteiger partial charge in [0.15, 0.2) is 5.82 Å². The Kier molecular flexibility index (Phi) is 4.55. The quantitative estimate of drug-likeness (QED) is 0.886. The Balaban J connectivity index is 1.64. The number of hydrogen-bond donors (Lipinski definition) is 1. The fourth-order valence-electron chi connectivity index (χ4n) is 2.60. The van der Waals surface area contributed by atoms with Gasteiger partial charge in [-0.3, -0.25) is 4.79 Å². The SMILES string of the molecule is CCCc1noc(CNc2ccc(N3CCCC3=O)c(F)c2)n1. The number of anilines is 2. The molecular weight excluding hydrogens is 299 g/mol. The highest BCUT2D eigenvalue weighted by molar-refractivity contribution is 5.95. The van der Waals surface area contributed by atoms with Crippen LogP contribution in [-0.4, -0.2) is 22.6 Å². The van der Waals surface area contributed by atoms with Crippen molar-refractivity contribution in [1.29, 1.82) is 0 Å². The van der Waals surface area contributed by atoms with Gasteiger partial charge in [-0.15, -0.1) is 0 Å². The zero-order chi connectivity index (χ0) is 16.2. The zero-order valence-corrected chi connectivity index (χ0v) is 13.0. The van der Waals surface area contributed by atoms with Crippen molar-refractivity contribution in [1.82, 2.24) is 10.1 Å².